The molecule has 1 nitrogen and oxygen atoms in total. The Kier molecular flexibility index (Phi) is 4.24. The lowest BCUT2D eigenvalue weighted by atomic mass is 10.0. The average Bonchev–Trinajstić information content (AvgIpc) is 2.38. The van der Waals surface area contributed by atoms with E-state index < -0.39 is 0 Å². The Bertz CT molecular complexity index is 457. The van der Waals surface area contributed by atoms with Crippen molar-refractivity contribution in [2.75, 3.05) is 6.61 Å². The van der Waals surface area contributed by atoms with Crippen molar-refractivity contribution >= 4 is 0 Å². The van der Waals surface area contributed by atoms with Crippen molar-refractivity contribution in [3.8, 4) is 5.75 Å². The molecule has 1 aliphatic carbocycles. The highest BCUT2D eigenvalue weighted by molar-refractivity contribution is 5.43. The summed E-state index contributed by atoms with van der Waals surface area (Å²) < 4.78 is 5.99. The third kappa shape index (κ3) is 3.04. The highest BCUT2D eigenvalue weighted by Crippen LogP contribution is 2.26. The Morgan fingerprint density at radius 2 is 1.83 bits per heavy atom. The minimum absolute atomic E-state index is 0.684. The van der Waals surface area contributed by atoms with Crippen LogP contribution in [-0.4, -0.2) is 6.61 Å². The van der Waals surface area contributed by atoms with E-state index in [2.05, 4.69) is 51.1 Å². The highest BCUT2D eigenvalue weighted by atomic mass is 16.5. The van der Waals surface area contributed by atoms with Crippen molar-refractivity contribution in [1.29, 1.82) is 0 Å². The molecule has 0 fully saturated rings. The zero-order valence-corrected chi connectivity index (χ0v) is 11.6. The molecule has 0 aromatic heterocycles. The van der Waals surface area contributed by atoms with Gasteiger partial charge in [-0.2, -0.15) is 0 Å². The topological polar surface area (TPSA) is 9.23 Å². The van der Waals surface area contributed by atoms with Gasteiger partial charge in [0.15, 0.2) is 0 Å². The predicted molar refractivity (Wildman–Crippen MR) is 77.2 cm³/mol. The third-order valence-electron chi connectivity index (χ3n) is 3.38. The van der Waals surface area contributed by atoms with Gasteiger partial charge in [0, 0.05) is 0 Å². The van der Waals surface area contributed by atoms with Crippen LogP contribution in [0.3, 0.4) is 0 Å². The second-order valence-electron chi connectivity index (χ2n) is 4.96. The van der Waals surface area contributed by atoms with Gasteiger partial charge in [0.25, 0.3) is 0 Å². The summed E-state index contributed by atoms with van der Waals surface area (Å²) >= 11 is 0. The van der Waals surface area contributed by atoms with Crippen LogP contribution in [0, 0.1) is 13.8 Å². The van der Waals surface area contributed by atoms with Gasteiger partial charge in [-0.15, -0.1) is 0 Å². The zero-order chi connectivity index (χ0) is 13.0. The van der Waals surface area contributed by atoms with Crippen LogP contribution in [0.2, 0.25) is 0 Å². The summed E-state index contributed by atoms with van der Waals surface area (Å²) in [5.74, 6) is 1.05. The summed E-state index contributed by atoms with van der Waals surface area (Å²) in [6, 6.07) is 4.46. The van der Waals surface area contributed by atoms with Gasteiger partial charge in [-0.1, -0.05) is 37.3 Å². The molecule has 1 heteroatoms. The second kappa shape index (κ2) is 5.90. The van der Waals surface area contributed by atoms with Crippen LogP contribution in [0.25, 0.3) is 0 Å². The molecule has 0 bridgehead atoms. The first-order chi connectivity index (χ1) is 8.70. The average molecular weight is 242 g/mol. The number of rotatable bonds is 4. The number of allylic oxidation sites excluding steroid dienone is 2. The van der Waals surface area contributed by atoms with E-state index in [1.54, 1.807) is 0 Å². The number of hydrogen-bond acceptors (Lipinski definition) is 1. The van der Waals surface area contributed by atoms with Crippen molar-refractivity contribution < 1.29 is 4.74 Å². The second-order valence-corrected chi connectivity index (χ2v) is 4.96. The standard InChI is InChI=1S/C17H22O/c1-4-15-10-13(2)17(14(3)11-15)18-12-16-8-6-5-7-9-16/h6,8-11H,4-5,7,12H2,1-3H3. The van der Waals surface area contributed by atoms with E-state index >= 15 is 0 Å². The van der Waals surface area contributed by atoms with Crippen molar-refractivity contribution in [3.63, 3.8) is 0 Å². The van der Waals surface area contributed by atoms with Crippen molar-refractivity contribution in [2.45, 2.75) is 40.0 Å². The Morgan fingerprint density at radius 1 is 1.11 bits per heavy atom. The molecule has 0 atom stereocenters. The molecule has 1 aliphatic rings. The normalized spacial score (nSPS) is 14.5. The lowest BCUT2D eigenvalue weighted by Crippen LogP contribution is -2.04. The maximum absolute atomic E-state index is 5.99. The molecule has 0 amide bonds. The highest BCUT2D eigenvalue weighted by Gasteiger charge is 2.07. The van der Waals surface area contributed by atoms with Crippen molar-refractivity contribution in [1.82, 2.24) is 0 Å². The summed E-state index contributed by atoms with van der Waals surface area (Å²) in [4.78, 5) is 0. The smallest absolute Gasteiger partial charge is 0.125 e. The molecule has 0 unspecified atom stereocenters. The molecule has 18 heavy (non-hydrogen) atoms. The first-order valence-corrected chi connectivity index (χ1v) is 6.79. The molecular weight excluding hydrogens is 220 g/mol. The van der Waals surface area contributed by atoms with E-state index in [1.807, 2.05) is 0 Å². The molecule has 2 rings (SSSR count). The zero-order valence-electron chi connectivity index (χ0n) is 11.6. The van der Waals surface area contributed by atoms with Gasteiger partial charge in [0.05, 0.1) is 0 Å². The van der Waals surface area contributed by atoms with Crippen LogP contribution in [0.15, 0.2) is 35.9 Å². The van der Waals surface area contributed by atoms with Crippen LogP contribution >= 0.6 is 0 Å². The molecule has 0 heterocycles. The van der Waals surface area contributed by atoms with Crippen LogP contribution in [0.1, 0.15) is 36.5 Å². The van der Waals surface area contributed by atoms with Crippen molar-refractivity contribution in [2.24, 2.45) is 0 Å². The molecule has 0 N–H and O–H groups in total. The molecule has 96 valence electrons. The van der Waals surface area contributed by atoms with Gasteiger partial charge in [0.2, 0.25) is 0 Å². The summed E-state index contributed by atoms with van der Waals surface area (Å²) in [6.45, 7) is 7.13. The van der Waals surface area contributed by atoms with Gasteiger partial charge in [-0.3, -0.25) is 0 Å². The molecule has 0 saturated carbocycles. The lowest BCUT2D eigenvalue weighted by Gasteiger charge is -2.15. The molecule has 0 saturated heterocycles. The molecule has 1 aromatic rings. The molecule has 1 aromatic carbocycles. The van der Waals surface area contributed by atoms with E-state index in [9.17, 15) is 0 Å². The first-order valence-electron chi connectivity index (χ1n) is 6.79. The van der Waals surface area contributed by atoms with Gasteiger partial charge >= 0.3 is 0 Å². The van der Waals surface area contributed by atoms with Crippen LogP contribution in [-0.2, 0) is 6.42 Å². The Balaban J connectivity index is 2.09. The Labute approximate surface area is 110 Å². The van der Waals surface area contributed by atoms with E-state index in [-0.39, 0.29) is 0 Å². The van der Waals surface area contributed by atoms with E-state index in [4.69, 9.17) is 4.74 Å². The molecule has 0 radical (unpaired) electrons. The van der Waals surface area contributed by atoms with Gasteiger partial charge < -0.3 is 4.74 Å². The SMILES string of the molecule is CCc1cc(C)c(OCC2=CCCC=C2)c(C)c1. The van der Waals surface area contributed by atoms with Crippen molar-refractivity contribution in [3.05, 3.63) is 52.6 Å². The lowest BCUT2D eigenvalue weighted by molar-refractivity contribution is 0.349. The monoisotopic (exact) mass is 242 g/mol. The summed E-state index contributed by atoms with van der Waals surface area (Å²) in [6.07, 6.45) is 10.0. The number of aryl methyl sites for hydroxylation is 3. The minimum atomic E-state index is 0.684. The fraction of sp³-hybridized carbons (Fsp3) is 0.412. The Hall–Kier alpha value is -1.50. The first kappa shape index (κ1) is 12.9. The van der Waals surface area contributed by atoms with E-state index in [0.29, 0.717) is 6.61 Å². The molecule has 0 aliphatic heterocycles. The van der Waals surface area contributed by atoms with Crippen LogP contribution < -0.4 is 4.74 Å². The van der Waals surface area contributed by atoms with Gasteiger partial charge in [0.1, 0.15) is 12.4 Å². The molecule has 0 spiro atoms. The molecular formula is C17H22O. The number of hydrogen-bond donors (Lipinski definition) is 0. The number of benzene rings is 1. The quantitative estimate of drug-likeness (QED) is 0.754. The third-order valence-corrected chi connectivity index (χ3v) is 3.38. The summed E-state index contributed by atoms with van der Waals surface area (Å²) in [5.41, 5.74) is 5.16. The Morgan fingerprint density at radius 3 is 2.39 bits per heavy atom. The summed E-state index contributed by atoms with van der Waals surface area (Å²) in [5, 5.41) is 0. The largest absolute Gasteiger partial charge is 0.488 e. The fourth-order valence-corrected chi connectivity index (χ4v) is 2.40. The number of ether oxygens (including phenoxy) is 1. The van der Waals surface area contributed by atoms with Gasteiger partial charge in [-0.25, -0.2) is 0 Å². The summed E-state index contributed by atoms with van der Waals surface area (Å²) in [7, 11) is 0. The van der Waals surface area contributed by atoms with E-state index in [0.717, 1.165) is 25.0 Å². The maximum Gasteiger partial charge on any atom is 0.125 e. The van der Waals surface area contributed by atoms with Gasteiger partial charge in [-0.05, 0) is 55.4 Å². The maximum atomic E-state index is 5.99. The predicted octanol–water partition coefficient (Wildman–Crippen LogP) is 4.52. The van der Waals surface area contributed by atoms with Crippen LogP contribution in [0.5, 0.6) is 5.75 Å². The fourth-order valence-electron chi connectivity index (χ4n) is 2.40. The van der Waals surface area contributed by atoms with Crippen LogP contribution in [0.4, 0.5) is 0 Å². The minimum Gasteiger partial charge on any atom is -0.488 e. The van der Waals surface area contributed by atoms with E-state index in [1.165, 1.54) is 22.3 Å².